The van der Waals surface area contributed by atoms with Crippen LogP contribution in [-0.4, -0.2) is 28.6 Å². The molecule has 0 radical (unpaired) electrons. The van der Waals surface area contributed by atoms with Crippen molar-refractivity contribution in [1.29, 1.82) is 0 Å². The van der Waals surface area contributed by atoms with E-state index in [0.29, 0.717) is 0 Å². The summed E-state index contributed by atoms with van der Waals surface area (Å²) in [7, 11) is 0. The molecule has 0 unspecified atom stereocenters. The highest BCUT2D eigenvalue weighted by Crippen LogP contribution is 2.06. The van der Waals surface area contributed by atoms with E-state index in [1.807, 2.05) is 0 Å². The topological polar surface area (TPSA) is 55.8 Å². The van der Waals surface area contributed by atoms with Crippen LogP contribution < -0.4 is 0 Å². The van der Waals surface area contributed by atoms with Gasteiger partial charge in [0, 0.05) is 0 Å². The number of rotatable bonds is 1. The maximum absolute atomic E-state index is 10.2. The zero-order valence-corrected chi connectivity index (χ0v) is 4.89. The van der Waals surface area contributed by atoms with E-state index in [-0.39, 0.29) is 13.2 Å². The van der Waals surface area contributed by atoms with Crippen LogP contribution in [0.25, 0.3) is 0 Å². The molecular formula is C3H6O4S. The Morgan fingerprint density at radius 3 is 2.88 bits per heavy atom. The number of aliphatic hydroxyl groups is 1. The molecule has 0 aromatic heterocycles. The summed E-state index contributed by atoms with van der Waals surface area (Å²) in [6, 6.07) is 0. The van der Waals surface area contributed by atoms with E-state index in [4.69, 9.17) is 5.11 Å². The van der Waals surface area contributed by atoms with Crippen molar-refractivity contribution in [1.82, 2.24) is 0 Å². The molecule has 1 aliphatic rings. The standard InChI is InChI=1S/C3H6O4S/c4-1-3-2-6-8(5)7-3/h3-4H,1-2H2/t3-,8+/m1/s1. The summed E-state index contributed by atoms with van der Waals surface area (Å²) in [5, 5.41) is 8.34. The molecule has 1 saturated heterocycles. The molecule has 0 spiro atoms. The van der Waals surface area contributed by atoms with Gasteiger partial charge in [0.15, 0.2) is 0 Å². The molecule has 5 heteroatoms. The Morgan fingerprint density at radius 2 is 2.62 bits per heavy atom. The minimum Gasteiger partial charge on any atom is -0.394 e. The van der Waals surface area contributed by atoms with Crippen LogP contribution in [0.1, 0.15) is 0 Å². The first-order valence-electron chi connectivity index (χ1n) is 2.16. The van der Waals surface area contributed by atoms with Gasteiger partial charge in [-0.25, -0.2) is 0 Å². The predicted octanol–water partition coefficient (Wildman–Crippen LogP) is -1.03. The summed E-state index contributed by atoms with van der Waals surface area (Å²) >= 11 is -1.61. The fourth-order valence-electron chi connectivity index (χ4n) is 0.381. The van der Waals surface area contributed by atoms with Gasteiger partial charge < -0.3 is 5.11 Å². The third kappa shape index (κ3) is 1.25. The largest absolute Gasteiger partial charge is 0.394 e. The Labute approximate surface area is 49.3 Å². The molecule has 0 bridgehead atoms. The molecule has 1 aliphatic heterocycles. The summed E-state index contributed by atoms with van der Waals surface area (Å²) in [5.74, 6) is 0. The van der Waals surface area contributed by atoms with Crippen LogP contribution in [-0.2, 0) is 19.7 Å². The summed E-state index contributed by atoms with van der Waals surface area (Å²) < 4.78 is 19.1. The highest BCUT2D eigenvalue weighted by Gasteiger charge is 2.21. The molecule has 2 atom stereocenters. The fraction of sp³-hybridized carbons (Fsp3) is 1.00. The summed E-state index contributed by atoms with van der Waals surface area (Å²) in [6.45, 7) is 0.0921. The van der Waals surface area contributed by atoms with Crippen molar-refractivity contribution in [2.75, 3.05) is 13.2 Å². The van der Waals surface area contributed by atoms with Crippen molar-refractivity contribution in [2.24, 2.45) is 0 Å². The Hall–Kier alpha value is 0.0300. The lowest BCUT2D eigenvalue weighted by atomic mass is 10.4. The van der Waals surface area contributed by atoms with Gasteiger partial charge in [-0.3, -0.25) is 8.37 Å². The van der Waals surface area contributed by atoms with Crippen molar-refractivity contribution in [3.8, 4) is 0 Å². The summed E-state index contributed by atoms with van der Waals surface area (Å²) in [5.41, 5.74) is 0. The summed E-state index contributed by atoms with van der Waals surface area (Å²) in [4.78, 5) is 0. The molecule has 48 valence electrons. The second-order valence-electron chi connectivity index (χ2n) is 1.39. The van der Waals surface area contributed by atoms with Crippen LogP contribution >= 0.6 is 0 Å². The molecule has 0 aromatic rings. The highest BCUT2D eigenvalue weighted by molar-refractivity contribution is 7.75. The Morgan fingerprint density at radius 1 is 1.88 bits per heavy atom. The Bertz CT molecular complexity index is 103. The minimum atomic E-state index is -1.61. The monoisotopic (exact) mass is 138 g/mol. The molecule has 1 rings (SSSR count). The molecule has 0 amide bonds. The van der Waals surface area contributed by atoms with Gasteiger partial charge in [-0.05, 0) is 0 Å². The van der Waals surface area contributed by atoms with Crippen molar-refractivity contribution in [3.63, 3.8) is 0 Å². The number of hydrogen-bond acceptors (Lipinski definition) is 4. The van der Waals surface area contributed by atoms with Crippen molar-refractivity contribution in [3.05, 3.63) is 0 Å². The van der Waals surface area contributed by atoms with E-state index in [0.717, 1.165) is 0 Å². The van der Waals surface area contributed by atoms with Gasteiger partial charge in [0.2, 0.25) is 0 Å². The van der Waals surface area contributed by atoms with Gasteiger partial charge >= 0.3 is 11.4 Å². The van der Waals surface area contributed by atoms with Gasteiger partial charge in [0.1, 0.15) is 6.10 Å². The third-order valence-corrected chi connectivity index (χ3v) is 1.53. The van der Waals surface area contributed by atoms with E-state index < -0.39 is 17.5 Å². The van der Waals surface area contributed by atoms with Crippen LogP contribution in [0.2, 0.25) is 0 Å². The molecular weight excluding hydrogens is 132 g/mol. The smallest absolute Gasteiger partial charge is 0.305 e. The normalized spacial score (nSPS) is 38.1. The average Bonchev–Trinajstić information content (AvgIpc) is 2.14. The zero-order chi connectivity index (χ0) is 5.98. The van der Waals surface area contributed by atoms with Gasteiger partial charge in [-0.15, -0.1) is 0 Å². The first-order valence-corrected chi connectivity index (χ1v) is 3.16. The summed E-state index contributed by atoms with van der Waals surface area (Å²) in [6.07, 6.45) is -0.393. The Balaban J connectivity index is 2.32. The van der Waals surface area contributed by atoms with Gasteiger partial charge in [-0.1, -0.05) is 0 Å². The Kier molecular flexibility index (Phi) is 1.95. The fourth-order valence-corrected chi connectivity index (χ4v) is 1.04. The maximum atomic E-state index is 10.2. The van der Waals surface area contributed by atoms with Gasteiger partial charge in [-0.2, -0.15) is 4.21 Å². The number of aliphatic hydroxyl groups excluding tert-OH is 1. The van der Waals surface area contributed by atoms with E-state index in [2.05, 4.69) is 8.37 Å². The maximum Gasteiger partial charge on any atom is 0.305 e. The van der Waals surface area contributed by atoms with Crippen molar-refractivity contribution >= 4 is 11.4 Å². The zero-order valence-electron chi connectivity index (χ0n) is 4.07. The molecule has 1 fully saturated rings. The van der Waals surface area contributed by atoms with Crippen LogP contribution in [0.3, 0.4) is 0 Å². The van der Waals surface area contributed by atoms with E-state index >= 15 is 0 Å². The molecule has 8 heavy (non-hydrogen) atoms. The van der Waals surface area contributed by atoms with Gasteiger partial charge in [0.25, 0.3) is 0 Å². The second kappa shape index (κ2) is 2.54. The van der Waals surface area contributed by atoms with Crippen LogP contribution in [0.4, 0.5) is 0 Å². The lowest BCUT2D eigenvalue weighted by Gasteiger charge is -1.95. The van der Waals surface area contributed by atoms with Crippen LogP contribution in [0.15, 0.2) is 0 Å². The first-order chi connectivity index (χ1) is 3.83. The first kappa shape index (κ1) is 6.15. The molecule has 1 heterocycles. The molecule has 0 saturated carbocycles. The quantitative estimate of drug-likeness (QED) is 0.503. The third-order valence-electron chi connectivity index (χ3n) is 0.768. The van der Waals surface area contributed by atoms with Crippen LogP contribution in [0.5, 0.6) is 0 Å². The SMILES string of the molecule is O=[S@]1OC[C@@H](CO)O1. The van der Waals surface area contributed by atoms with Crippen molar-refractivity contribution in [2.45, 2.75) is 6.10 Å². The number of hydrogen-bond donors (Lipinski definition) is 1. The molecule has 1 N–H and O–H groups in total. The van der Waals surface area contributed by atoms with Crippen LogP contribution in [0, 0.1) is 0 Å². The predicted molar refractivity (Wildman–Crippen MR) is 26.1 cm³/mol. The van der Waals surface area contributed by atoms with E-state index in [1.165, 1.54) is 0 Å². The lowest BCUT2D eigenvalue weighted by molar-refractivity contribution is 0.137. The molecule has 0 aliphatic carbocycles. The lowest BCUT2D eigenvalue weighted by Crippen LogP contribution is -2.13. The molecule has 4 nitrogen and oxygen atoms in total. The van der Waals surface area contributed by atoms with E-state index in [1.54, 1.807) is 0 Å². The van der Waals surface area contributed by atoms with E-state index in [9.17, 15) is 4.21 Å². The van der Waals surface area contributed by atoms with Gasteiger partial charge in [0.05, 0.1) is 13.2 Å². The highest BCUT2D eigenvalue weighted by atomic mass is 32.2. The minimum absolute atomic E-state index is 0.133. The second-order valence-corrected chi connectivity index (χ2v) is 2.23. The van der Waals surface area contributed by atoms with Crippen molar-refractivity contribution < 1.29 is 17.7 Å². The molecule has 0 aromatic carbocycles. The average molecular weight is 138 g/mol.